The van der Waals surface area contributed by atoms with Crippen LogP contribution in [0.1, 0.15) is 93.4 Å². The van der Waals surface area contributed by atoms with E-state index in [4.69, 9.17) is 37.9 Å². The predicted molar refractivity (Wildman–Crippen MR) is 225 cm³/mol. The third-order valence-corrected chi connectivity index (χ3v) is 19.1. The zero-order valence-electron chi connectivity index (χ0n) is 38.8. The first kappa shape index (κ1) is 49.0. The van der Waals surface area contributed by atoms with Gasteiger partial charge in [-0.25, -0.2) is 0 Å². The Morgan fingerprint density at radius 1 is 0.631 bits per heavy atom. The second-order valence-corrected chi connectivity index (χ2v) is 22.9. The van der Waals surface area contributed by atoms with Gasteiger partial charge in [0.1, 0.15) is 67.1 Å². The Balaban J connectivity index is 0.991. The van der Waals surface area contributed by atoms with Crippen LogP contribution in [0.3, 0.4) is 0 Å². The lowest BCUT2D eigenvalue weighted by atomic mass is 9.35. The van der Waals surface area contributed by atoms with Gasteiger partial charge in [-0.2, -0.15) is 0 Å². The number of hydrogen-bond donors (Lipinski definition) is 10. The first-order valence-electron chi connectivity index (χ1n) is 24.0. The van der Waals surface area contributed by atoms with Gasteiger partial charge in [-0.1, -0.05) is 39.3 Å². The molecule has 5 heterocycles. The molecule has 2 spiro atoms. The molecule has 10 N–H and O–H groups in total. The van der Waals surface area contributed by atoms with E-state index in [1.165, 1.54) is 0 Å². The molecule has 5 aliphatic heterocycles. The van der Waals surface area contributed by atoms with E-state index in [0.717, 1.165) is 44.1 Å². The maximum atomic E-state index is 12.4. The fourth-order valence-corrected chi connectivity index (χ4v) is 15.8. The van der Waals surface area contributed by atoms with Gasteiger partial charge in [-0.05, 0) is 93.3 Å². The summed E-state index contributed by atoms with van der Waals surface area (Å²) < 4.78 is 50.7. The molecule has 18 nitrogen and oxygen atoms in total. The van der Waals surface area contributed by atoms with Crippen molar-refractivity contribution in [1.29, 1.82) is 0 Å². The van der Waals surface area contributed by atoms with Crippen molar-refractivity contribution in [3.63, 3.8) is 0 Å². The van der Waals surface area contributed by atoms with Gasteiger partial charge in [-0.15, -0.1) is 0 Å². The molecule has 5 saturated heterocycles. The number of hydrogen-bond acceptors (Lipinski definition) is 18. The molecule has 0 aromatic rings. The lowest BCUT2D eigenvalue weighted by Crippen LogP contribution is -2.68. The Hall–Kier alpha value is -0.980. The van der Waals surface area contributed by atoms with Crippen molar-refractivity contribution in [1.82, 2.24) is 0 Å². The Labute approximate surface area is 381 Å². The lowest BCUT2D eigenvalue weighted by Gasteiger charge is -2.70. The minimum absolute atomic E-state index is 0.0960. The number of aliphatic hydroxyl groups excluding tert-OH is 9. The normalized spacial score (nSPS) is 56.9. The summed E-state index contributed by atoms with van der Waals surface area (Å²) >= 11 is 0. The second-order valence-electron chi connectivity index (χ2n) is 22.9. The summed E-state index contributed by atoms with van der Waals surface area (Å²) in [5.74, 6) is -0.317. The van der Waals surface area contributed by atoms with Crippen molar-refractivity contribution in [3.8, 4) is 0 Å². The highest BCUT2D eigenvalue weighted by Gasteiger charge is 2.81. The summed E-state index contributed by atoms with van der Waals surface area (Å²) in [6.45, 7) is 14.4. The highest BCUT2D eigenvalue weighted by molar-refractivity contribution is 5.27. The fourth-order valence-electron chi connectivity index (χ4n) is 15.8. The SMILES string of the molecule is CC(C)=C[C@H]1CO[C@@]23C[C@@]4(CO2)[C@@H](CC[C@H]2[C@@]5(C)CC[C@@H](O[C@H]6O[C@@H](CO)[C@H](O)[C@@H](O[C@H]7O[C@@H](CO)[C@H](O)[C@@H](O)[C@@H]7O)[C@@H]6O[C@H]6O[C@H](CO)[C@@H](O)[C@@H]6O)C(C)(C)[C@@H]5CC[C@@]24C)[C@@H]3[C@]1(C)O. The van der Waals surface area contributed by atoms with Crippen LogP contribution in [0.5, 0.6) is 0 Å². The molecule has 65 heavy (non-hydrogen) atoms. The molecule has 0 radical (unpaired) electrons. The van der Waals surface area contributed by atoms with Crippen LogP contribution >= 0.6 is 0 Å². The highest BCUT2D eigenvalue weighted by atomic mass is 16.8. The van der Waals surface area contributed by atoms with Gasteiger partial charge in [0.2, 0.25) is 0 Å². The maximum absolute atomic E-state index is 12.4. The van der Waals surface area contributed by atoms with E-state index in [0.29, 0.717) is 25.6 Å². The highest BCUT2D eigenvalue weighted by Crippen LogP contribution is 2.80. The van der Waals surface area contributed by atoms with E-state index < -0.39 is 129 Å². The van der Waals surface area contributed by atoms with Crippen molar-refractivity contribution >= 4 is 0 Å². The van der Waals surface area contributed by atoms with E-state index >= 15 is 0 Å². The Kier molecular flexibility index (Phi) is 12.9. The molecular formula is C47H76O18. The molecule has 18 heteroatoms. The number of aliphatic hydroxyl groups is 10. The fraction of sp³-hybridized carbons (Fsp3) is 0.957. The molecule has 9 fully saturated rings. The van der Waals surface area contributed by atoms with Gasteiger partial charge < -0.3 is 89.0 Å². The van der Waals surface area contributed by atoms with Gasteiger partial charge in [0, 0.05) is 23.7 Å². The summed E-state index contributed by atoms with van der Waals surface area (Å²) in [5.41, 5.74) is -0.701. The number of allylic oxidation sites excluding steroid dienone is 1. The van der Waals surface area contributed by atoms with Gasteiger partial charge in [-0.3, -0.25) is 0 Å². The summed E-state index contributed by atoms with van der Waals surface area (Å²) in [7, 11) is 0. The van der Waals surface area contributed by atoms with Crippen LogP contribution in [-0.4, -0.2) is 188 Å². The third kappa shape index (κ3) is 7.24. The number of ether oxygens (including phenoxy) is 8. The molecule has 372 valence electrons. The van der Waals surface area contributed by atoms with Crippen LogP contribution in [0.2, 0.25) is 0 Å². The first-order valence-corrected chi connectivity index (χ1v) is 24.0. The van der Waals surface area contributed by atoms with Gasteiger partial charge in [0.15, 0.2) is 24.7 Å². The second kappa shape index (κ2) is 17.1. The molecule has 25 atom stereocenters. The average molecular weight is 929 g/mol. The van der Waals surface area contributed by atoms with Crippen molar-refractivity contribution in [2.45, 2.75) is 197 Å². The average Bonchev–Trinajstić information content (AvgIpc) is 3.88. The topological polar surface area (TPSA) is 276 Å². The molecular weight excluding hydrogens is 852 g/mol. The quantitative estimate of drug-likeness (QED) is 0.101. The van der Waals surface area contributed by atoms with Crippen molar-refractivity contribution in [2.24, 2.45) is 51.2 Å². The van der Waals surface area contributed by atoms with Crippen LogP contribution in [0.4, 0.5) is 0 Å². The molecule has 0 amide bonds. The Morgan fingerprint density at radius 2 is 1.22 bits per heavy atom. The van der Waals surface area contributed by atoms with Gasteiger partial charge >= 0.3 is 0 Å². The van der Waals surface area contributed by atoms with E-state index in [1.54, 1.807) is 0 Å². The van der Waals surface area contributed by atoms with Crippen LogP contribution in [0, 0.1) is 51.2 Å². The molecule has 4 saturated carbocycles. The Bertz CT molecular complexity index is 1760. The van der Waals surface area contributed by atoms with E-state index in [2.05, 4.69) is 47.6 Å². The van der Waals surface area contributed by atoms with E-state index in [1.807, 2.05) is 6.92 Å². The standard InChI is InChI=1S/C47H76O18/c1-21(2)14-22-18-58-47-19-46(20-59-47)23(38(47)45(22,7)57)8-9-28-43(5)12-11-29(42(3,4)27(43)10-13-44(28,46)6)63-41-37(65-39-34(55)31(52)25(16-49)61-39)36(32(53)26(17-50)62-41)64-40-35(56)33(54)30(51)24(15-48)60-40/h14,22-41,48-57H,8-13,15-20H2,1-7H3/t22-,23-,24-,25+,26-,27-,28-,29+,30-,31+,32-,33+,34-,35-,36+,37-,38+,39+,40+,41+,43-,44-,45+,46+,47-/m0/s1. The summed E-state index contributed by atoms with van der Waals surface area (Å²) in [6, 6.07) is 0. The number of fused-ring (bicyclic) bond motifs is 4. The van der Waals surface area contributed by atoms with Crippen molar-refractivity contribution < 1.29 is 89.0 Å². The van der Waals surface area contributed by atoms with Crippen LogP contribution in [0.25, 0.3) is 0 Å². The van der Waals surface area contributed by atoms with Crippen LogP contribution in [-0.2, 0) is 37.9 Å². The predicted octanol–water partition coefficient (Wildman–Crippen LogP) is -0.176. The first-order chi connectivity index (χ1) is 30.5. The largest absolute Gasteiger partial charge is 0.394 e. The summed E-state index contributed by atoms with van der Waals surface area (Å²) in [5, 5.41) is 108. The summed E-state index contributed by atoms with van der Waals surface area (Å²) in [6.07, 6.45) is -14.3. The molecule has 0 aromatic heterocycles. The monoisotopic (exact) mass is 929 g/mol. The maximum Gasteiger partial charge on any atom is 0.187 e. The van der Waals surface area contributed by atoms with Crippen molar-refractivity contribution in [3.05, 3.63) is 11.6 Å². The van der Waals surface area contributed by atoms with E-state index in [9.17, 15) is 51.1 Å². The molecule has 9 aliphatic rings. The molecule has 0 unspecified atom stereocenters. The third-order valence-electron chi connectivity index (χ3n) is 19.1. The Morgan fingerprint density at radius 3 is 1.85 bits per heavy atom. The van der Waals surface area contributed by atoms with Gasteiger partial charge in [0.05, 0.1) is 44.7 Å². The van der Waals surface area contributed by atoms with Crippen LogP contribution in [0.15, 0.2) is 11.6 Å². The molecule has 9 rings (SSSR count). The molecule has 2 bridgehead atoms. The van der Waals surface area contributed by atoms with Crippen molar-refractivity contribution in [2.75, 3.05) is 33.0 Å². The zero-order chi connectivity index (χ0) is 47.0. The minimum Gasteiger partial charge on any atom is -0.394 e. The zero-order valence-corrected chi connectivity index (χ0v) is 38.8. The molecule has 0 aromatic carbocycles. The smallest absolute Gasteiger partial charge is 0.187 e. The van der Waals surface area contributed by atoms with E-state index in [-0.39, 0.29) is 39.9 Å². The summed E-state index contributed by atoms with van der Waals surface area (Å²) in [4.78, 5) is 0. The van der Waals surface area contributed by atoms with Crippen LogP contribution < -0.4 is 0 Å². The number of rotatable bonds is 10. The minimum atomic E-state index is -1.86. The molecule has 4 aliphatic carbocycles. The lowest BCUT2D eigenvalue weighted by molar-refractivity contribution is -0.387. The van der Waals surface area contributed by atoms with Gasteiger partial charge in [0.25, 0.3) is 0 Å².